The number of hydrogen-bond acceptors (Lipinski definition) is 3. The first-order chi connectivity index (χ1) is 8.65. The van der Waals surface area contributed by atoms with Crippen molar-refractivity contribution in [2.45, 2.75) is 32.1 Å². The van der Waals surface area contributed by atoms with Crippen molar-refractivity contribution >= 4 is 33.3 Å². The van der Waals surface area contributed by atoms with E-state index in [1.807, 2.05) is 6.07 Å². The lowest BCUT2D eigenvalue weighted by atomic mass is 9.74. The van der Waals surface area contributed by atoms with E-state index in [9.17, 15) is 5.11 Å². The van der Waals surface area contributed by atoms with E-state index < -0.39 is 0 Å². The number of pyridine rings is 1. The summed E-state index contributed by atoms with van der Waals surface area (Å²) >= 11 is 9.30. The highest BCUT2D eigenvalue weighted by molar-refractivity contribution is 9.10. The molecule has 0 atom stereocenters. The number of nitrogens with one attached hydrogen (secondary N) is 1. The van der Waals surface area contributed by atoms with Gasteiger partial charge < -0.3 is 10.4 Å². The first kappa shape index (κ1) is 14.1. The third-order valence-corrected chi connectivity index (χ3v) is 4.50. The first-order valence-corrected chi connectivity index (χ1v) is 7.48. The molecule has 2 rings (SSSR count). The number of rotatable bonds is 4. The molecule has 3 nitrogen and oxygen atoms in total. The zero-order valence-corrected chi connectivity index (χ0v) is 12.6. The summed E-state index contributed by atoms with van der Waals surface area (Å²) in [6.07, 6.45) is 7.49. The van der Waals surface area contributed by atoms with Crippen LogP contribution in [0, 0.1) is 5.41 Å². The van der Waals surface area contributed by atoms with E-state index >= 15 is 0 Å². The molecule has 1 heterocycles. The van der Waals surface area contributed by atoms with Gasteiger partial charge in [-0.15, -0.1) is 0 Å². The standard InChI is InChI=1S/C13H18BrClN2O/c14-11-6-10(15)7-16-12(11)17-8-13(9-18)4-2-1-3-5-13/h6-7,18H,1-5,8-9H2,(H,16,17). The average molecular weight is 334 g/mol. The van der Waals surface area contributed by atoms with Crippen molar-refractivity contribution < 1.29 is 5.11 Å². The molecule has 1 aromatic rings. The highest BCUT2D eigenvalue weighted by atomic mass is 79.9. The Morgan fingerprint density at radius 2 is 2.11 bits per heavy atom. The molecule has 0 aliphatic heterocycles. The maximum atomic E-state index is 9.64. The first-order valence-electron chi connectivity index (χ1n) is 6.31. The number of halogens is 2. The molecule has 5 heteroatoms. The van der Waals surface area contributed by atoms with Gasteiger partial charge in [0.1, 0.15) is 5.82 Å². The number of anilines is 1. The lowest BCUT2D eigenvalue weighted by Gasteiger charge is -2.35. The minimum absolute atomic E-state index is 0.0129. The quantitative estimate of drug-likeness (QED) is 0.879. The van der Waals surface area contributed by atoms with Gasteiger partial charge in [0.05, 0.1) is 16.1 Å². The van der Waals surface area contributed by atoms with Gasteiger partial charge in [-0.1, -0.05) is 30.9 Å². The monoisotopic (exact) mass is 332 g/mol. The number of aliphatic hydroxyl groups is 1. The molecular formula is C13H18BrClN2O. The van der Waals surface area contributed by atoms with Gasteiger partial charge in [-0.2, -0.15) is 0 Å². The summed E-state index contributed by atoms with van der Waals surface area (Å²) in [6, 6.07) is 1.82. The maximum absolute atomic E-state index is 9.64. The molecule has 0 amide bonds. The van der Waals surface area contributed by atoms with Crippen LogP contribution in [0.15, 0.2) is 16.7 Å². The van der Waals surface area contributed by atoms with E-state index in [1.54, 1.807) is 6.20 Å². The molecular weight excluding hydrogens is 316 g/mol. The SMILES string of the molecule is OCC1(CNc2ncc(Cl)cc2Br)CCCCC1. The van der Waals surface area contributed by atoms with Crippen molar-refractivity contribution in [2.75, 3.05) is 18.5 Å². The fourth-order valence-electron chi connectivity index (χ4n) is 2.51. The lowest BCUT2D eigenvalue weighted by molar-refractivity contribution is 0.0943. The topological polar surface area (TPSA) is 45.1 Å². The van der Waals surface area contributed by atoms with Gasteiger partial charge in [-0.3, -0.25) is 0 Å². The van der Waals surface area contributed by atoms with E-state index in [2.05, 4.69) is 26.2 Å². The molecule has 1 aliphatic rings. The zero-order valence-electron chi connectivity index (χ0n) is 10.3. The van der Waals surface area contributed by atoms with Gasteiger partial charge in [0.25, 0.3) is 0 Å². The van der Waals surface area contributed by atoms with E-state index in [4.69, 9.17) is 11.6 Å². The molecule has 0 radical (unpaired) electrons. The maximum Gasteiger partial charge on any atom is 0.140 e. The van der Waals surface area contributed by atoms with Crippen LogP contribution in [0.25, 0.3) is 0 Å². The summed E-state index contributed by atoms with van der Waals surface area (Å²) in [5.41, 5.74) is 0.0129. The third-order valence-electron chi connectivity index (χ3n) is 3.69. The van der Waals surface area contributed by atoms with Gasteiger partial charge in [0, 0.05) is 18.2 Å². The van der Waals surface area contributed by atoms with Crippen LogP contribution < -0.4 is 5.32 Å². The average Bonchev–Trinajstić information content (AvgIpc) is 2.39. The van der Waals surface area contributed by atoms with Crippen molar-refractivity contribution in [3.05, 3.63) is 21.8 Å². The predicted molar refractivity (Wildman–Crippen MR) is 78.0 cm³/mol. The molecule has 1 saturated carbocycles. The second-order valence-corrected chi connectivity index (χ2v) is 6.35. The Hall–Kier alpha value is -0.320. The molecule has 0 unspecified atom stereocenters. The second-order valence-electron chi connectivity index (χ2n) is 5.06. The van der Waals surface area contributed by atoms with E-state index in [0.29, 0.717) is 5.02 Å². The van der Waals surface area contributed by atoms with Crippen LogP contribution in [0.1, 0.15) is 32.1 Å². The summed E-state index contributed by atoms with van der Waals surface area (Å²) < 4.78 is 0.860. The number of hydrogen-bond donors (Lipinski definition) is 2. The molecule has 0 saturated heterocycles. The van der Waals surface area contributed by atoms with Crippen molar-refractivity contribution in [1.29, 1.82) is 0 Å². The molecule has 0 aromatic carbocycles. The molecule has 100 valence electrons. The minimum Gasteiger partial charge on any atom is -0.396 e. The van der Waals surface area contributed by atoms with Crippen molar-refractivity contribution in [3.8, 4) is 0 Å². The summed E-state index contributed by atoms with van der Waals surface area (Å²) in [7, 11) is 0. The lowest BCUT2D eigenvalue weighted by Crippen LogP contribution is -2.35. The van der Waals surface area contributed by atoms with E-state index in [1.165, 1.54) is 19.3 Å². The predicted octanol–water partition coefficient (Wildman–Crippen LogP) is 3.85. The number of nitrogens with zero attached hydrogens (tertiary/aromatic N) is 1. The fourth-order valence-corrected chi connectivity index (χ4v) is 3.29. The Balaban J connectivity index is 2.01. The second kappa shape index (κ2) is 6.22. The Morgan fingerprint density at radius 1 is 1.39 bits per heavy atom. The minimum atomic E-state index is 0.0129. The Labute approximate surface area is 121 Å². The largest absolute Gasteiger partial charge is 0.396 e. The van der Waals surface area contributed by atoms with Crippen molar-refractivity contribution in [3.63, 3.8) is 0 Å². The normalized spacial score (nSPS) is 18.6. The summed E-state index contributed by atoms with van der Waals surface area (Å²) in [5.74, 6) is 0.790. The van der Waals surface area contributed by atoms with Crippen LogP contribution in [-0.2, 0) is 0 Å². The fraction of sp³-hybridized carbons (Fsp3) is 0.615. The summed E-state index contributed by atoms with van der Waals surface area (Å²) in [5, 5.41) is 13.6. The van der Waals surface area contributed by atoms with Gasteiger partial charge in [-0.25, -0.2) is 4.98 Å². The summed E-state index contributed by atoms with van der Waals surface area (Å²) in [4.78, 5) is 4.26. The van der Waals surface area contributed by atoms with Crippen LogP contribution in [0.3, 0.4) is 0 Å². The van der Waals surface area contributed by atoms with Crippen molar-refractivity contribution in [2.24, 2.45) is 5.41 Å². The van der Waals surface area contributed by atoms with Gasteiger partial charge in [0.2, 0.25) is 0 Å². The smallest absolute Gasteiger partial charge is 0.140 e. The Morgan fingerprint density at radius 3 is 2.72 bits per heavy atom. The van der Waals surface area contributed by atoms with Crippen LogP contribution >= 0.6 is 27.5 Å². The molecule has 0 bridgehead atoms. The number of aromatic nitrogens is 1. The van der Waals surface area contributed by atoms with Crippen LogP contribution in [0.2, 0.25) is 5.02 Å². The molecule has 18 heavy (non-hydrogen) atoms. The van der Waals surface area contributed by atoms with E-state index in [0.717, 1.165) is 29.7 Å². The molecule has 2 N–H and O–H groups in total. The van der Waals surface area contributed by atoms with Crippen LogP contribution in [0.5, 0.6) is 0 Å². The molecule has 0 spiro atoms. The summed E-state index contributed by atoms with van der Waals surface area (Å²) in [6.45, 7) is 1.00. The zero-order chi connectivity index (χ0) is 13.0. The molecule has 1 fully saturated rings. The van der Waals surface area contributed by atoms with Gasteiger partial charge >= 0.3 is 0 Å². The van der Waals surface area contributed by atoms with Gasteiger partial charge in [-0.05, 0) is 34.8 Å². The Bertz CT molecular complexity index is 408. The van der Waals surface area contributed by atoms with Crippen molar-refractivity contribution in [1.82, 2.24) is 4.98 Å². The van der Waals surface area contributed by atoms with Gasteiger partial charge in [0.15, 0.2) is 0 Å². The Kier molecular flexibility index (Phi) is 4.87. The molecule has 1 aromatic heterocycles. The highest BCUT2D eigenvalue weighted by Gasteiger charge is 2.31. The molecule has 1 aliphatic carbocycles. The van der Waals surface area contributed by atoms with Crippen LogP contribution in [0.4, 0.5) is 5.82 Å². The third kappa shape index (κ3) is 3.37. The van der Waals surface area contributed by atoms with E-state index in [-0.39, 0.29) is 12.0 Å². The van der Waals surface area contributed by atoms with Crippen LogP contribution in [-0.4, -0.2) is 23.2 Å². The number of aliphatic hydroxyl groups excluding tert-OH is 1. The highest BCUT2D eigenvalue weighted by Crippen LogP contribution is 2.36.